The lowest BCUT2D eigenvalue weighted by atomic mass is 9.92. The number of benzene rings is 1. The number of nitro benzene ring substituents is 1. The van der Waals surface area contributed by atoms with Gasteiger partial charge in [-0.2, -0.15) is 0 Å². The molecular formula is C15H22ClN3O3. The molecule has 2 rings (SSSR count). The summed E-state index contributed by atoms with van der Waals surface area (Å²) in [6, 6.07) is 4.41. The van der Waals surface area contributed by atoms with Gasteiger partial charge in [0.1, 0.15) is 0 Å². The van der Waals surface area contributed by atoms with Gasteiger partial charge in [0, 0.05) is 23.7 Å². The van der Waals surface area contributed by atoms with Crippen LogP contribution >= 0.6 is 12.4 Å². The molecule has 1 aliphatic heterocycles. The van der Waals surface area contributed by atoms with E-state index < -0.39 is 4.92 Å². The second-order valence-corrected chi connectivity index (χ2v) is 5.62. The molecule has 1 amide bonds. The average Bonchev–Trinajstić information content (AvgIpc) is 2.47. The summed E-state index contributed by atoms with van der Waals surface area (Å²) in [6.07, 6.45) is 2.23. The zero-order valence-electron chi connectivity index (χ0n) is 12.8. The van der Waals surface area contributed by atoms with Crippen molar-refractivity contribution >= 4 is 24.0 Å². The molecule has 1 aromatic carbocycles. The van der Waals surface area contributed by atoms with Crippen LogP contribution in [0, 0.1) is 23.0 Å². The Hall–Kier alpha value is -1.66. The number of amides is 1. The smallest absolute Gasteiger partial charge is 0.269 e. The first-order chi connectivity index (χ1) is 9.99. The minimum Gasteiger partial charge on any atom is -0.349 e. The maximum Gasteiger partial charge on any atom is 0.269 e. The van der Waals surface area contributed by atoms with Gasteiger partial charge in [0.25, 0.3) is 11.6 Å². The highest BCUT2D eigenvalue weighted by Crippen LogP contribution is 2.18. The molecule has 22 heavy (non-hydrogen) atoms. The van der Waals surface area contributed by atoms with Crippen LogP contribution in [0.25, 0.3) is 0 Å². The predicted molar refractivity (Wildman–Crippen MR) is 87.6 cm³/mol. The fraction of sp³-hybridized carbons (Fsp3) is 0.533. The second kappa shape index (κ2) is 8.10. The van der Waals surface area contributed by atoms with Crippen LogP contribution in [-0.4, -0.2) is 30.0 Å². The van der Waals surface area contributed by atoms with Crippen LogP contribution in [-0.2, 0) is 0 Å². The Labute approximate surface area is 136 Å². The molecule has 0 saturated carbocycles. The van der Waals surface area contributed by atoms with E-state index in [0.29, 0.717) is 17.0 Å². The summed E-state index contributed by atoms with van der Waals surface area (Å²) in [6.45, 7) is 5.68. The van der Waals surface area contributed by atoms with Gasteiger partial charge in [-0.1, -0.05) is 0 Å². The third-order valence-corrected chi connectivity index (χ3v) is 4.07. The molecule has 2 unspecified atom stereocenters. The SMILES string of the molecule is Cc1cc([N+](=O)[O-])ccc1C(=O)NC(C)C1CCCNC1.Cl. The predicted octanol–water partition coefficient (Wildman–Crippen LogP) is 2.44. The number of aryl methyl sites for hydroxylation is 1. The Kier molecular flexibility index (Phi) is 6.77. The van der Waals surface area contributed by atoms with Gasteiger partial charge in [-0.25, -0.2) is 0 Å². The minimum atomic E-state index is -0.453. The van der Waals surface area contributed by atoms with Gasteiger partial charge in [-0.15, -0.1) is 12.4 Å². The van der Waals surface area contributed by atoms with E-state index in [0.717, 1.165) is 25.9 Å². The number of non-ortho nitro benzene ring substituents is 1. The van der Waals surface area contributed by atoms with Crippen molar-refractivity contribution in [3.05, 3.63) is 39.4 Å². The molecule has 2 atom stereocenters. The molecule has 7 heteroatoms. The summed E-state index contributed by atoms with van der Waals surface area (Å²) >= 11 is 0. The van der Waals surface area contributed by atoms with Gasteiger partial charge in [0.05, 0.1) is 4.92 Å². The van der Waals surface area contributed by atoms with Gasteiger partial charge < -0.3 is 10.6 Å². The van der Waals surface area contributed by atoms with E-state index in [1.165, 1.54) is 18.2 Å². The van der Waals surface area contributed by atoms with E-state index in [9.17, 15) is 14.9 Å². The lowest BCUT2D eigenvalue weighted by Gasteiger charge is -2.29. The van der Waals surface area contributed by atoms with Gasteiger partial charge >= 0.3 is 0 Å². The van der Waals surface area contributed by atoms with Crippen molar-refractivity contribution in [2.75, 3.05) is 13.1 Å². The summed E-state index contributed by atoms with van der Waals surface area (Å²) in [5, 5.41) is 17.1. The molecule has 2 N–H and O–H groups in total. The first-order valence-corrected chi connectivity index (χ1v) is 7.25. The van der Waals surface area contributed by atoms with Crippen LogP contribution in [0.5, 0.6) is 0 Å². The number of rotatable bonds is 4. The molecule has 122 valence electrons. The highest BCUT2D eigenvalue weighted by molar-refractivity contribution is 5.96. The third kappa shape index (κ3) is 4.42. The number of piperidine rings is 1. The van der Waals surface area contributed by atoms with Crippen LogP contribution in [0.4, 0.5) is 5.69 Å². The minimum absolute atomic E-state index is 0. The highest BCUT2D eigenvalue weighted by atomic mass is 35.5. The molecule has 0 aromatic heterocycles. The van der Waals surface area contributed by atoms with Crippen molar-refractivity contribution < 1.29 is 9.72 Å². The molecule has 1 saturated heterocycles. The number of hydrogen-bond donors (Lipinski definition) is 2. The van der Waals surface area contributed by atoms with Crippen LogP contribution < -0.4 is 10.6 Å². The molecule has 1 aliphatic rings. The fourth-order valence-electron chi connectivity index (χ4n) is 2.72. The molecule has 0 radical (unpaired) electrons. The molecule has 1 heterocycles. The first kappa shape index (κ1) is 18.4. The number of nitrogens with zero attached hydrogens (tertiary/aromatic N) is 1. The molecule has 0 spiro atoms. The van der Waals surface area contributed by atoms with Crippen molar-refractivity contribution in [1.29, 1.82) is 0 Å². The number of hydrogen-bond acceptors (Lipinski definition) is 4. The van der Waals surface area contributed by atoms with E-state index in [2.05, 4.69) is 10.6 Å². The monoisotopic (exact) mass is 327 g/mol. The maximum absolute atomic E-state index is 12.3. The standard InChI is InChI=1S/C15H21N3O3.ClH/c1-10-8-13(18(20)21)5-6-14(10)15(19)17-11(2)12-4-3-7-16-9-12;/h5-6,8,11-12,16H,3-4,7,9H2,1-2H3,(H,17,19);1H. The lowest BCUT2D eigenvalue weighted by molar-refractivity contribution is -0.384. The topological polar surface area (TPSA) is 84.3 Å². The highest BCUT2D eigenvalue weighted by Gasteiger charge is 2.22. The van der Waals surface area contributed by atoms with E-state index in [-0.39, 0.29) is 30.0 Å². The van der Waals surface area contributed by atoms with Crippen LogP contribution in [0.15, 0.2) is 18.2 Å². The van der Waals surface area contributed by atoms with E-state index in [4.69, 9.17) is 0 Å². The summed E-state index contributed by atoms with van der Waals surface area (Å²) in [7, 11) is 0. The Morgan fingerprint density at radius 2 is 2.23 bits per heavy atom. The van der Waals surface area contributed by atoms with Gasteiger partial charge in [0.2, 0.25) is 0 Å². The number of halogens is 1. The number of nitro groups is 1. The van der Waals surface area contributed by atoms with Crippen LogP contribution in [0.2, 0.25) is 0 Å². The molecule has 1 aromatic rings. The third-order valence-electron chi connectivity index (χ3n) is 4.07. The maximum atomic E-state index is 12.3. The van der Waals surface area contributed by atoms with E-state index in [1.807, 2.05) is 6.92 Å². The Bertz CT molecular complexity index is 545. The summed E-state index contributed by atoms with van der Waals surface area (Å²) < 4.78 is 0. The summed E-state index contributed by atoms with van der Waals surface area (Å²) in [5.74, 6) is 0.265. The zero-order valence-corrected chi connectivity index (χ0v) is 13.6. The number of nitrogens with one attached hydrogen (secondary N) is 2. The van der Waals surface area contributed by atoms with Crippen molar-refractivity contribution in [1.82, 2.24) is 10.6 Å². The zero-order chi connectivity index (χ0) is 15.4. The van der Waals surface area contributed by atoms with Crippen molar-refractivity contribution in [3.8, 4) is 0 Å². The van der Waals surface area contributed by atoms with E-state index >= 15 is 0 Å². The van der Waals surface area contributed by atoms with E-state index in [1.54, 1.807) is 6.92 Å². The van der Waals surface area contributed by atoms with Crippen molar-refractivity contribution in [3.63, 3.8) is 0 Å². The Balaban J connectivity index is 0.00000242. The van der Waals surface area contributed by atoms with Crippen LogP contribution in [0.1, 0.15) is 35.7 Å². The summed E-state index contributed by atoms with van der Waals surface area (Å²) in [5.41, 5.74) is 1.13. The quantitative estimate of drug-likeness (QED) is 0.657. The van der Waals surface area contributed by atoms with Crippen molar-refractivity contribution in [2.24, 2.45) is 5.92 Å². The lowest BCUT2D eigenvalue weighted by Crippen LogP contribution is -2.44. The molecule has 6 nitrogen and oxygen atoms in total. The van der Waals surface area contributed by atoms with Gasteiger partial charge in [0.15, 0.2) is 0 Å². The molecule has 0 bridgehead atoms. The Morgan fingerprint density at radius 3 is 2.77 bits per heavy atom. The van der Waals surface area contributed by atoms with Gasteiger partial charge in [-0.05, 0) is 57.3 Å². The first-order valence-electron chi connectivity index (χ1n) is 7.25. The average molecular weight is 328 g/mol. The van der Waals surface area contributed by atoms with Crippen molar-refractivity contribution in [2.45, 2.75) is 32.7 Å². The summed E-state index contributed by atoms with van der Waals surface area (Å²) in [4.78, 5) is 22.6. The molecule has 1 fully saturated rings. The molecule has 0 aliphatic carbocycles. The number of carbonyl (C=O) groups is 1. The van der Waals surface area contributed by atoms with Crippen LogP contribution in [0.3, 0.4) is 0 Å². The second-order valence-electron chi connectivity index (χ2n) is 5.62. The molecular weight excluding hydrogens is 306 g/mol. The normalized spacial score (nSPS) is 18.9. The van der Waals surface area contributed by atoms with Gasteiger partial charge in [-0.3, -0.25) is 14.9 Å². The Morgan fingerprint density at radius 1 is 1.50 bits per heavy atom. The fourth-order valence-corrected chi connectivity index (χ4v) is 2.72. The number of carbonyl (C=O) groups excluding carboxylic acids is 1. The largest absolute Gasteiger partial charge is 0.349 e.